The van der Waals surface area contributed by atoms with Crippen LogP contribution in [-0.4, -0.2) is 38.3 Å². The van der Waals surface area contributed by atoms with Gasteiger partial charge in [-0.15, -0.1) is 0 Å². The molecule has 0 fully saturated rings. The lowest BCUT2D eigenvalue weighted by Gasteiger charge is -2.09. The molecule has 0 aromatic heterocycles. The summed E-state index contributed by atoms with van der Waals surface area (Å²) in [5.74, 6) is -0.471. The summed E-state index contributed by atoms with van der Waals surface area (Å²) in [6.45, 7) is 4.95. The number of nitrogens with one attached hydrogen (secondary N) is 1. The van der Waals surface area contributed by atoms with Crippen LogP contribution in [0.15, 0.2) is 0 Å². The first-order valence-electron chi connectivity index (χ1n) is 5.51. The molecule has 5 nitrogen and oxygen atoms in total. The Balaban J connectivity index is 3.08. The Hall–Kier alpha value is -0.650. The van der Waals surface area contributed by atoms with Crippen LogP contribution in [0.5, 0.6) is 0 Å². The molecular weight excluding hydrogens is 194 g/mol. The fraction of sp³-hybridized carbons (Fsp3) is 0.900. The van der Waals surface area contributed by atoms with E-state index in [9.17, 15) is 4.79 Å². The number of primary amides is 1. The minimum Gasteiger partial charge on any atom is -0.381 e. The van der Waals surface area contributed by atoms with Crippen molar-refractivity contribution in [2.75, 3.05) is 26.3 Å². The summed E-state index contributed by atoms with van der Waals surface area (Å²) in [7, 11) is 0. The SMILES string of the molecule is CCCCOCCCNCC(N)C(N)=O. The highest BCUT2D eigenvalue weighted by Crippen LogP contribution is 1.89. The number of hydrogen-bond donors (Lipinski definition) is 3. The topological polar surface area (TPSA) is 90.4 Å². The van der Waals surface area contributed by atoms with E-state index in [0.717, 1.165) is 39.0 Å². The monoisotopic (exact) mass is 217 g/mol. The van der Waals surface area contributed by atoms with E-state index in [2.05, 4.69) is 12.2 Å². The third-order valence-electron chi connectivity index (χ3n) is 2.01. The Morgan fingerprint density at radius 3 is 2.67 bits per heavy atom. The van der Waals surface area contributed by atoms with Crippen LogP contribution in [0.2, 0.25) is 0 Å². The van der Waals surface area contributed by atoms with Crippen LogP contribution >= 0.6 is 0 Å². The minimum atomic E-state index is -0.592. The zero-order valence-electron chi connectivity index (χ0n) is 9.50. The second-order valence-corrected chi connectivity index (χ2v) is 3.53. The van der Waals surface area contributed by atoms with Crippen LogP contribution in [0.3, 0.4) is 0 Å². The lowest BCUT2D eigenvalue weighted by Crippen LogP contribution is -2.44. The summed E-state index contributed by atoms with van der Waals surface area (Å²) in [6.07, 6.45) is 3.20. The van der Waals surface area contributed by atoms with Gasteiger partial charge >= 0.3 is 0 Å². The maximum absolute atomic E-state index is 10.6. The Labute approximate surface area is 91.5 Å². The third kappa shape index (κ3) is 9.65. The van der Waals surface area contributed by atoms with Gasteiger partial charge in [0, 0.05) is 19.8 Å². The van der Waals surface area contributed by atoms with Crippen molar-refractivity contribution in [2.45, 2.75) is 32.2 Å². The average Bonchev–Trinajstić information content (AvgIpc) is 2.21. The van der Waals surface area contributed by atoms with Crippen molar-refractivity contribution in [2.24, 2.45) is 11.5 Å². The van der Waals surface area contributed by atoms with Gasteiger partial charge in [-0.25, -0.2) is 0 Å². The summed E-state index contributed by atoms with van der Waals surface area (Å²) in [6, 6.07) is -0.592. The first kappa shape index (κ1) is 14.3. The van der Waals surface area contributed by atoms with Crippen molar-refractivity contribution >= 4 is 5.91 Å². The zero-order valence-corrected chi connectivity index (χ0v) is 9.50. The molecule has 15 heavy (non-hydrogen) atoms. The van der Waals surface area contributed by atoms with E-state index < -0.39 is 11.9 Å². The van der Waals surface area contributed by atoms with Gasteiger partial charge in [0.1, 0.15) is 0 Å². The molecule has 5 heteroatoms. The molecule has 0 aliphatic rings. The van der Waals surface area contributed by atoms with Crippen LogP contribution in [0.25, 0.3) is 0 Å². The number of unbranched alkanes of at least 4 members (excludes halogenated alkanes) is 1. The van der Waals surface area contributed by atoms with Gasteiger partial charge in [-0.2, -0.15) is 0 Å². The average molecular weight is 217 g/mol. The van der Waals surface area contributed by atoms with Gasteiger partial charge in [0.2, 0.25) is 5.91 Å². The predicted octanol–water partition coefficient (Wildman–Crippen LogP) is -0.405. The summed E-state index contributed by atoms with van der Waals surface area (Å²) in [5, 5.41) is 3.05. The van der Waals surface area contributed by atoms with Crippen molar-refractivity contribution < 1.29 is 9.53 Å². The Bertz CT molecular complexity index is 165. The normalized spacial score (nSPS) is 12.7. The molecule has 1 atom stereocenters. The molecule has 1 unspecified atom stereocenters. The number of nitrogens with two attached hydrogens (primary N) is 2. The Morgan fingerprint density at radius 1 is 1.40 bits per heavy atom. The van der Waals surface area contributed by atoms with Gasteiger partial charge in [-0.3, -0.25) is 4.79 Å². The summed E-state index contributed by atoms with van der Waals surface area (Å²) in [5.41, 5.74) is 10.4. The van der Waals surface area contributed by atoms with Crippen molar-refractivity contribution in [3.05, 3.63) is 0 Å². The molecule has 0 spiro atoms. The van der Waals surface area contributed by atoms with Crippen molar-refractivity contribution in [3.8, 4) is 0 Å². The second kappa shape index (κ2) is 9.89. The fourth-order valence-electron chi connectivity index (χ4n) is 1.01. The molecule has 0 heterocycles. The summed E-state index contributed by atoms with van der Waals surface area (Å²) in [4.78, 5) is 10.6. The molecular formula is C10H23N3O2. The van der Waals surface area contributed by atoms with Crippen LogP contribution in [0, 0.1) is 0 Å². The molecule has 0 radical (unpaired) electrons. The quantitative estimate of drug-likeness (QED) is 0.434. The predicted molar refractivity (Wildman–Crippen MR) is 60.4 cm³/mol. The zero-order chi connectivity index (χ0) is 11.5. The van der Waals surface area contributed by atoms with Gasteiger partial charge < -0.3 is 21.5 Å². The first-order valence-corrected chi connectivity index (χ1v) is 5.51. The lowest BCUT2D eigenvalue weighted by molar-refractivity contribution is -0.119. The summed E-state index contributed by atoms with van der Waals surface area (Å²) < 4.78 is 5.37. The fourth-order valence-corrected chi connectivity index (χ4v) is 1.01. The molecule has 90 valence electrons. The summed E-state index contributed by atoms with van der Waals surface area (Å²) >= 11 is 0. The number of amides is 1. The molecule has 0 rings (SSSR count). The van der Waals surface area contributed by atoms with Crippen molar-refractivity contribution in [3.63, 3.8) is 0 Å². The largest absolute Gasteiger partial charge is 0.381 e. The van der Waals surface area contributed by atoms with E-state index in [1.54, 1.807) is 0 Å². The Kier molecular flexibility index (Phi) is 9.46. The second-order valence-electron chi connectivity index (χ2n) is 3.53. The highest BCUT2D eigenvalue weighted by atomic mass is 16.5. The van der Waals surface area contributed by atoms with Crippen molar-refractivity contribution in [1.82, 2.24) is 5.32 Å². The van der Waals surface area contributed by atoms with Gasteiger partial charge in [-0.1, -0.05) is 13.3 Å². The van der Waals surface area contributed by atoms with Crippen LogP contribution in [-0.2, 0) is 9.53 Å². The molecule has 0 saturated carbocycles. The molecule has 5 N–H and O–H groups in total. The van der Waals surface area contributed by atoms with Gasteiger partial charge in [-0.05, 0) is 19.4 Å². The van der Waals surface area contributed by atoms with E-state index in [4.69, 9.17) is 16.2 Å². The third-order valence-corrected chi connectivity index (χ3v) is 2.01. The molecule has 0 aliphatic heterocycles. The maximum atomic E-state index is 10.6. The lowest BCUT2D eigenvalue weighted by atomic mass is 10.3. The number of carbonyl (C=O) groups excluding carboxylic acids is 1. The first-order chi connectivity index (χ1) is 7.18. The van der Waals surface area contributed by atoms with Gasteiger partial charge in [0.25, 0.3) is 0 Å². The highest BCUT2D eigenvalue weighted by molar-refractivity contribution is 5.79. The molecule has 0 aromatic carbocycles. The van der Waals surface area contributed by atoms with E-state index in [1.165, 1.54) is 0 Å². The highest BCUT2D eigenvalue weighted by Gasteiger charge is 2.06. The van der Waals surface area contributed by atoms with E-state index in [1.807, 2.05) is 0 Å². The smallest absolute Gasteiger partial charge is 0.235 e. The van der Waals surface area contributed by atoms with Crippen molar-refractivity contribution in [1.29, 1.82) is 0 Å². The molecule has 1 amide bonds. The van der Waals surface area contributed by atoms with E-state index in [0.29, 0.717) is 6.54 Å². The number of hydrogen-bond acceptors (Lipinski definition) is 4. The van der Waals surface area contributed by atoms with E-state index in [-0.39, 0.29) is 0 Å². The van der Waals surface area contributed by atoms with Crippen LogP contribution < -0.4 is 16.8 Å². The maximum Gasteiger partial charge on any atom is 0.235 e. The molecule has 0 bridgehead atoms. The minimum absolute atomic E-state index is 0.435. The van der Waals surface area contributed by atoms with Crippen LogP contribution in [0.4, 0.5) is 0 Å². The number of ether oxygens (including phenoxy) is 1. The van der Waals surface area contributed by atoms with E-state index >= 15 is 0 Å². The molecule has 0 aliphatic carbocycles. The van der Waals surface area contributed by atoms with Gasteiger partial charge in [0.05, 0.1) is 6.04 Å². The number of rotatable bonds is 10. The van der Waals surface area contributed by atoms with Gasteiger partial charge in [0.15, 0.2) is 0 Å². The molecule has 0 aromatic rings. The number of carbonyl (C=O) groups is 1. The van der Waals surface area contributed by atoms with Crippen LogP contribution in [0.1, 0.15) is 26.2 Å². The molecule has 0 saturated heterocycles. The Morgan fingerprint density at radius 2 is 2.07 bits per heavy atom. The standard InChI is InChI=1S/C10H23N3O2/c1-2-3-6-15-7-4-5-13-8-9(11)10(12)14/h9,13H,2-8,11H2,1H3,(H2,12,14).